The molecule has 0 aliphatic heterocycles. The molecule has 3 aromatic rings. The average molecular weight is 463 g/mol. The lowest BCUT2D eigenvalue weighted by Crippen LogP contribution is -2.11. The Hall–Kier alpha value is -3.54. The summed E-state index contributed by atoms with van der Waals surface area (Å²) in [5.74, 6) is 0.116. The van der Waals surface area contributed by atoms with Gasteiger partial charge in [-0.2, -0.15) is 0 Å². The molecule has 2 aromatic carbocycles. The van der Waals surface area contributed by atoms with Crippen LogP contribution in [0.1, 0.15) is 52.0 Å². The van der Waals surface area contributed by atoms with Crippen molar-refractivity contribution in [2.75, 3.05) is 18.5 Å². The molecule has 0 spiro atoms. The van der Waals surface area contributed by atoms with Gasteiger partial charge in [0, 0.05) is 36.1 Å². The number of aromatic nitrogens is 1. The summed E-state index contributed by atoms with van der Waals surface area (Å²) >= 11 is 0. The predicted molar refractivity (Wildman–Crippen MR) is 137 cm³/mol. The zero-order valence-electron chi connectivity index (χ0n) is 20.3. The fourth-order valence-corrected chi connectivity index (χ4v) is 3.75. The van der Waals surface area contributed by atoms with Crippen LogP contribution in [0.4, 0.5) is 5.69 Å². The van der Waals surface area contributed by atoms with Gasteiger partial charge in [-0.1, -0.05) is 31.5 Å². The fourth-order valence-electron chi connectivity index (χ4n) is 3.75. The van der Waals surface area contributed by atoms with Gasteiger partial charge in [-0.25, -0.2) is 0 Å². The number of hydrogen-bond acceptors (Lipinski definition) is 4. The van der Waals surface area contributed by atoms with Crippen LogP contribution in [-0.2, 0) is 20.9 Å². The number of anilines is 1. The molecule has 34 heavy (non-hydrogen) atoms. The van der Waals surface area contributed by atoms with E-state index in [0.29, 0.717) is 37.5 Å². The maximum absolute atomic E-state index is 12.7. The molecule has 3 rings (SSSR count). The summed E-state index contributed by atoms with van der Waals surface area (Å²) in [5.41, 5.74) is 3.70. The quantitative estimate of drug-likeness (QED) is 0.197. The number of benzene rings is 2. The van der Waals surface area contributed by atoms with E-state index in [1.54, 1.807) is 25.1 Å². The van der Waals surface area contributed by atoms with Crippen molar-refractivity contribution in [3.05, 3.63) is 66.4 Å². The van der Waals surface area contributed by atoms with Crippen molar-refractivity contribution >= 4 is 34.0 Å². The van der Waals surface area contributed by atoms with Crippen LogP contribution in [0.5, 0.6) is 5.75 Å². The number of carbonyl (C=O) groups excluding carboxylic acids is 2. The zero-order valence-corrected chi connectivity index (χ0v) is 20.3. The Kier molecular flexibility index (Phi) is 9.32. The van der Waals surface area contributed by atoms with Crippen LogP contribution in [0.15, 0.2) is 60.8 Å². The number of nitrogens with zero attached hydrogens (tertiary/aromatic N) is 1. The Labute approximate surface area is 201 Å². The molecule has 0 saturated carbocycles. The largest absolute Gasteiger partial charge is 0.491 e. The molecule has 0 aliphatic rings. The lowest BCUT2D eigenvalue weighted by atomic mass is 10.0. The Morgan fingerprint density at radius 3 is 2.68 bits per heavy atom. The minimum Gasteiger partial charge on any atom is -0.491 e. The highest BCUT2D eigenvalue weighted by Crippen LogP contribution is 2.25. The number of fused-ring (bicyclic) bond motifs is 1. The molecule has 1 aromatic heterocycles. The monoisotopic (exact) mass is 462 g/mol. The van der Waals surface area contributed by atoms with Crippen LogP contribution in [0.25, 0.3) is 16.5 Å². The summed E-state index contributed by atoms with van der Waals surface area (Å²) in [6, 6.07) is 15.7. The minimum absolute atomic E-state index is 0.222. The first-order valence-electron chi connectivity index (χ1n) is 12.0. The molecule has 1 heterocycles. The van der Waals surface area contributed by atoms with Crippen LogP contribution in [0.2, 0.25) is 0 Å². The van der Waals surface area contributed by atoms with Gasteiger partial charge < -0.3 is 19.4 Å². The van der Waals surface area contributed by atoms with E-state index in [9.17, 15) is 9.59 Å². The second-order valence-electron chi connectivity index (χ2n) is 8.21. The van der Waals surface area contributed by atoms with E-state index in [-0.39, 0.29) is 11.9 Å². The van der Waals surface area contributed by atoms with Crippen molar-refractivity contribution in [2.45, 2.75) is 53.0 Å². The van der Waals surface area contributed by atoms with E-state index in [2.05, 4.69) is 47.3 Å². The number of amides is 1. The number of allylic oxidation sites excluding steroid dienone is 1. The number of para-hydroxylation sites is 2. The predicted octanol–water partition coefficient (Wildman–Crippen LogP) is 6.21. The van der Waals surface area contributed by atoms with Gasteiger partial charge in [0.1, 0.15) is 5.75 Å². The standard InChI is InChI=1S/C28H34N2O4/c1-4-6-16-30-17-15-23-20-22(13-14-25(23)30)21(3)19-27(31)29-24-10-7-8-11-26(24)34-18-9-12-28(32)33-5-2/h7-8,10-11,13-15,17,19-20H,4-6,9,12,16,18H2,1-3H3,(H,29,31)/b21-19+. The highest BCUT2D eigenvalue weighted by molar-refractivity contribution is 6.04. The van der Waals surface area contributed by atoms with E-state index >= 15 is 0 Å². The average Bonchev–Trinajstić information content (AvgIpc) is 3.23. The maximum Gasteiger partial charge on any atom is 0.305 e. The third-order valence-corrected chi connectivity index (χ3v) is 5.56. The molecule has 1 amide bonds. The van der Waals surface area contributed by atoms with Crippen molar-refractivity contribution in [1.82, 2.24) is 4.57 Å². The first-order valence-corrected chi connectivity index (χ1v) is 12.0. The number of rotatable bonds is 12. The van der Waals surface area contributed by atoms with Gasteiger partial charge in [0.15, 0.2) is 0 Å². The number of ether oxygens (including phenoxy) is 2. The summed E-state index contributed by atoms with van der Waals surface area (Å²) in [5, 5.41) is 4.08. The number of aryl methyl sites for hydroxylation is 1. The molecule has 0 atom stereocenters. The third-order valence-electron chi connectivity index (χ3n) is 5.56. The molecule has 1 N–H and O–H groups in total. The highest BCUT2D eigenvalue weighted by Gasteiger charge is 2.09. The first kappa shape index (κ1) is 25.1. The Morgan fingerprint density at radius 1 is 1.06 bits per heavy atom. The number of hydrogen-bond donors (Lipinski definition) is 1. The molecule has 0 saturated heterocycles. The topological polar surface area (TPSA) is 69.6 Å². The van der Waals surface area contributed by atoms with Gasteiger partial charge in [0.05, 0.1) is 18.9 Å². The molecule has 0 bridgehead atoms. The molecular formula is C28H34N2O4. The molecule has 0 aliphatic carbocycles. The molecular weight excluding hydrogens is 428 g/mol. The minimum atomic E-state index is -0.232. The molecule has 0 radical (unpaired) electrons. The molecule has 0 fully saturated rings. The molecule has 6 heteroatoms. The normalized spacial score (nSPS) is 11.4. The summed E-state index contributed by atoms with van der Waals surface area (Å²) < 4.78 is 13.0. The van der Waals surface area contributed by atoms with Crippen LogP contribution in [-0.4, -0.2) is 29.7 Å². The van der Waals surface area contributed by atoms with Crippen molar-refractivity contribution in [3.63, 3.8) is 0 Å². The summed E-state index contributed by atoms with van der Waals surface area (Å²) in [7, 11) is 0. The Balaban J connectivity index is 1.62. The van der Waals surface area contributed by atoms with Gasteiger partial charge in [-0.3, -0.25) is 9.59 Å². The number of unbranched alkanes of at least 4 members (excludes halogenated alkanes) is 1. The van der Waals surface area contributed by atoms with Gasteiger partial charge in [0.25, 0.3) is 0 Å². The van der Waals surface area contributed by atoms with Gasteiger partial charge in [0.2, 0.25) is 5.91 Å². The summed E-state index contributed by atoms with van der Waals surface area (Å²) in [6.45, 7) is 7.67. The van der Waals surface area contributed by atoms with E-state index in [1.807, 2.05) is 19.1 Å². The van der Waals surface area contributed by atoms with Crippen LogP contribution >= 0.6 is 0 Å². The van der Waals surface area contributed by atoms with Crippen molar-refractivity contribution in [3.8, 4) is 5.75 Å². The third kappa shape index (κ3) is 6.98. The second kappa shape index (κ2) is 12.6. The van der Waals surface area contributed by atoms with Gasteiger partial charge >= 0.3 is 5.97 Å². The Morgan fingerprint density at radius 2 is 1.88 bits per heavy atom. The molecule has 6 nitrogen and oxygen atoms in total. The number of carbonyl (C=O) groups is 2. The van der Waals surface area contributed by atoms with Gasteiger partial charge in [-0.05, 0) is 68.2 Å². The van der Waals surface area contributed by atoms with E-state index in [4.69, 9.17) is 9.47 Å². The first-order chi connectivity index (χ1) is 16.5. The van der Waals surface area contributed by atoms with Crippen molar-refractivity contribution in [2.24, 2.45) is 0 Å². The van der Waals surface area contributed by atoms with Crippen LogP contribution in [0, 0.1) is 0 Å². The second-order valence-corrected chi connectivity index (χ2v) is 8.21. The molecule has 180 valence electrons. The number of nitrogens with one attached hydrogen (secondary N) is 1. The van der Waals surface area contributed by atoms with Gasteiger partial charge in [-0.15, -0.1) is 0 Å². The summed E-state index contributed by atoms with van der Waals surface area (Å²) in [4.78, 5) is 24.2. The van der Waals surface area contributed by atoms with E-state index in [0.717, 1.165) is 30.5 Å². The summed E-state index contributed by atoms with van der Waals surface area (Å²) in [6.07, 6.45) is 6.89. The lowest BCUT2D eigenvalue weighted by Gasteiger charge is -2.12. The lowest BCUT2D eigenvalue weighted by molar-refractivity contribution is -0.143. The van der Waals surface area contributed by atoms with E-state index < -0.39 is 0 Å². The molecule has 0 unspecified atom stereocenters. The maximum atomic E-state index is 12.7. The van der Waals surface area contributed by atoms with Crippen LogP contribution < -0.4 is 10.1 Å². The Bertz CT molecular complexity index is 1150. The number of esters is 1. The van der Waals surface area contributed by atoms with Crippen LogP contribution in [0.3, 0.4) is 0 Å². The SMILES string of the molecule is CCCCn1ccc2cc(/C(C)=C/C(=O)Nc3ccccc3OCCCC(=O)OCC)ccc21. The smallest absolute Gasteiger partial charge is 0.305 e. The highest BCUT2D eigenvalue weighted by atomic mass is 16.5. The van der Waals surface area contributed by atoms with Crippen molar-refractivity contribution in [1.29, 1.82) is 0 Å². The zero-order chi connectivity index (χ0) is 24.3. The van der Waals surface area contributed by atoms with E-state index in [1.165, 1.54) is 10.9 Å². The fraction of sp³-hybridized carbons (Fsp3) is 0.357. The van der Waals surface area contributed by atoms with Crippen molar-refractivity contribution < 1.29 is 19.1 Å².